The Morgan fingerprint density at radius 2 is 1.71 bits per heavy atom. The molecule has 2 nitrogen and oxygen atoms in total. The van der Waals surface area contributed by atoms with Crippen molar-refractivity contribution in [2.45, 2.75) is 33.7 Å². The Labute approximate surface area is 87.8 Å². The van der Waals surface area contributed by atoms with E-state index in [9.17, 15) is 4.79 Å². The van der Waals surface area contributed by atoms with Gasteiger partial charge in [0.15, 0.2) is 0 Å². The van der Waals surface area contributed by atoms with Gasteiger partial charge in [-0.15, -0.1) is 0 Å². The predicted octanol–water partition coefficient (Wildman–Crippen LogP) is 3.10. The predicted molar refractivity (Wildman–Crippen MR) is 62.5 cm³/mol. The van der Waals surface area contributed by atoms with Gasteiger partial charge in [-0.2, -0.15) is 0 Å². The second-order valence-corrected chi connectivity index (χ2v) is 2.99. The van der Waals surface area contributed by atoms with Gasteiger partial charge in [-0.3, -0.25) is 4.79 Å². The van der Waals surface area contributed by atoms with E-state index in [2.05, 4.69) is 5.32 Å². The molecule has 14 heavy (non-hydrogen) atoms. The first-order chi connectivity index (χ1) is 6.70. The Bertz CT molecular complexity index is 260. The molecule has 0 fully saturated rings. The first-order valence-electron chi connectivity index (χ1n) is 5.06. The molecular weight excluding hydrogens is 174 g/mol. The van der Waals surface area contributed by atoms with Crippen molar-refractivity contribution < 1.29 is 6.22 Å². The molecule has 0 atom stereocenters. The number of amides is 1. The highest BCUT2D eigenvalue weighted by atomic mass is 16.1. The Hall–Kier alpha value is -1.31. The number of carbonyl (C=O) groups excluding carboxylic acids is 1. The number of hydrogen-bond donors (Lipinski definition) is 1. The molecule has 0 aliphatic heterocycles. The van der Waals surface area contributed by atoms with Crippen molar-refractivity contribution in [3.05, 3.63) is 35.9 Å². The highest BCUT2D eigenvalue weighted by Gasteiger charge is 2.04. The maximum atomic E-state index is 11.3. The van der Waals surface area contributed by atoms with Crippen LogP contribution in [-0.4, -0.2) is 11.9 Å². The number of carbonyl (C=O) groups is 1. The standard InChI is InChI=1S/C10H13NO.C2H6.H2/c1-8(2)11-10(12)9-6-4-3-5-7-9;1-2;/h3-8H,1-2H3,(H,11,12);1-2H3;1H. The fourth-order valence-corrected chi connectivity index (χ4v) is 0.935. The molecule has 1 N–H and O–H groups in total. The fourth-order valence-electron chi connectivity index (χ4n) is 0.935. The van der Waals surface area contributed by atoms with Crippen LogP contribution in [0.3, 0.4) is 0 Å². The summed E-state index contributed by atoms with van der Waals surface area (Å²) in [6.07, 6.45) is 0. The molecule has 0 spiro atoms. The minimum Gasteiger partial charge on any atom is -0.350 e. The van der Waals surface area contributed by atoms with E-state index in [0.29, 0.717) is 5.56 Å². The lowest BCUT2D eigenvalue weighted by molar-refractivity contribution is 0.0943. The van der Waals surface area contributed by atoms with E-state index >= 15 is 0 Å². The van der Waals surface area contributed by atoms with Crippen LogP contribution in [-0.2, 0) is 0 Å². The zero-order valence-electron chi connectivity index (χ0n) is 9.37. The van der Waals surface area contributed by atoms with Gasteiger partial charge in [0.2, 0.25) is 0 Å². The molecule has 1 aromatic rings. The van der Waals surface area contributed by atoms with Crippen LogP contribution in [0.4, 0.5) is 0 Å². The molecule has 1 aromatic carbocycles. The molecule has 0 saturated heterocycles. The van der Waals surface area contributed by atoms with E-state index in [1.165, 1.54) is 0 Å². The van der Waals surface area contributed by atoms with Crippen molar-refractivity contribution >= 4 is 5.91 Å². The third-order valence-electron chi connectivity index (χ3n) is 1.46. The topological polar surface area (TPSA) is 29.1 Å². The van der Waals surface area contributed by atoms with Gasteiger partial charge in [-0.05, 0) is 26.0 Å². The van der Waals surface area contributed by atoms with Gasteiger partial charge >= 0.3 is 0 Å². The molecule has 0 aliphatic rings. The lowest BCUT2D eigenvalue weighted by Crippen LogP contribution is -2.29. The largest absolute Gasteiger partial charge is 0.350 e. The van der Waals surface area contributed by atoms with Crippen LogP contribution in [0.2, 0.25) is 0 Å². The minimum absolute atomic E-state index is 0. The van der Waals surface area contributed by atoms with Crippen LogP contribution in [0.1, 0.15) is 39.5 Å². The molecule has 80 valence electrons. The molecule has 0 bridgehead atoms. The van der Waals surface area contributed by atoms with Gasteiger partial charge < -0.3 is 5.32 Å². The van der Waals surface area contributed by atoms with Crippen molar-refractivity contribution in [1.29, 1.82) is 0 Å². The summed E-state index contributed by atoms with van der Waals surface area (Å²) < 4.78 is 0. The number of hydrogen-bond acceptors (Lipinski definition) is 1. The van der Waals surface area contributed by atoms with E-state index in [0.717, 1.165) is 0 Å². The van der Waals surface area contributed by atoms with Crippen LogP contribution < -0.4 is 5.32 Å². The maximum absolute atomic E-state index is 11.3. The molecule has 0 aliphatic carbocycles. The first-order valence-corrected chi connectivity index (χ1v) is 5.06. The molecule has 2 heteroatoms. The summed E-state index contributed by atoms with van der Waals surface area (Å²) in [6.45, 7) is 7.89. The van der Waals surface area contributed by atoms with Crippen molar-refractivity contribution in [3.63, 3.8) is 0 Å². The van der Waals surface area contributed by atoms with Gasteiger partial charge in [0.1, 0.15) is 0 Å². The van der Waals surface area contributed by atoms with E-state index in [-0.39, 0.29) is 13.4 Å². The Morgan fingerprint density at radius 1 is 1.21 bits per heavy atom. The van der Waals surface area contributed by atoms with Gasteiger partial charge in [-0.1, -0.05) is 32.0 Å². The summed E-state index contributed by atoms with van der Waals surface area (Å²) in [5.41, 5.74) is 0.714. The smallest absolute Gasteiger partial charge is 0.251 e. The number of rotatable bonds is 2. The normalized spacial score (nSPS) is 8.93. The van der Waals surface area contributed by atoms with Crippen LogP contribution in [0.25, 0.3) is 0 Å². The summed E-state index contributed by atoms with van der Waals surface area (Å²) in [5.74, 6) is -0.00870. The summed E-state index contributed by atoms with van der Waals surface area (Å²) in [7, 11) is 0. The highest BCUT2D eigenvalue weighted by molar-refractivity contribution is 5.94. The van der Waals surface area contributed by atoms with Crippen molar-refractivity contribution in [2.24, 2.45) is 0 Å². The summed E-state index contributed by atoms with van der Waals surface area (Å²) in [6, 6.07) is 9.41. The van der Waals surface area contributed by atoms with Gasteiger partial charge in [0.05, 0.1) is 0 Å². The van der Waals surface area contributed by atoms with Crippen LogP contribution in [0, 0.1) is 0 Å². The Balaban J connectivity index is 0. The third kappa shape index (κ3) is 4.65. The zero-order valence-corrected chi connectivity index (χ0v) is 9.37. The first kappa shape index (κ1) is 12.7. The maximum Gasteiger partial charge on any atom is 0.251 e. The Morgan fingerprint density at radius 3 is 2.14 bits per heavy atom. The van der Waals surface area contributed by atoms with Gasteiger partial charge in [0, 0.05) is 13.0 Å². The van der Waals surface area contributed by atoms with E-state index < -0.39 is 0 Å². The van der Waals surface area contributed by atoms with Crippen molar-refractivity contribution in [3.8, 4) is 0 Å². The van der Waals surface area contributed by atoms with Gasteiger partial charge in [-0.25, -0.2) is 0 Å². The highest BCUT2D eigenvalue weighted by Crippen LogP contribution is 1.98. The average Bonchev–Trinajstić information content (AvgIpc) is 2.21. The van der Waals surface area contributed by atoms with Crippen LogP contribution in [0.5, 0.6) is 0 Å². The molecule has 0 aromatic heterocycles. The van der Waals surface area contributed by atoms with Crippen molar-refractivity contribution in [2.75, 3.05) is 0 Å². The molecule has 0 radical (unpaired) electrons. The summed E-state index contributed by atoms with van der Waals surface area (Å²) in [4.78, 5) is 11.3. The summed E-state index contributed by atoms with van der Waals surface area (Å²) in [5, 5.41) is 2.82. The van der Waals surface area contributed by atoms with Crippen LogP contribution in [0.15, 0.2) is 30.3 Å². The average molecular weight is 195 g/mol. The lowest BCUT2D eigenvalue weighted by atomic mass is 10.2. The number of benzene rings is 1. The molecule has 1 rings (SSSR count). The van der Waals surface area contributed by atoms with E-state index in [1.807, 2.05) is 45.9 Å². The second-order valence-electron chi connectivity index (χ2n) is 2.99. The molecule has 0 saturated carbocycles. The second kappa shape index (κ2) is 7.13. The van der Waals surface area contributed by atoms with Gasteiger partial charge in [0.25, 0.3) is 5.91 Å². The molecule has 1 amide bonds. The van der Waals surface area contributed by atoms with E-state index in [4.69, 9.17) is 0 Å². The minimum atomic E-state index is -0.00870. The fraction of sp³-hybridized carbons (Fsp3) is 0.417. The van der Waals surface area contributed by atoms with Crippen LogP contribution >= 0.6 is 0 Å². The SMILES string of the molecule is CC.CC(C)NC(=O)c1ccccc1.[HH]. The molecule has 0 heterocycles. The number of nitrogens with one attached hydrogen (secondary N) is 1. The lowest BCUT2D eigenvalue weighted by Gasteiger charge is -2.07. The monoisotopic (exact) mass is 195 g/mol. The molecular formula is C12H21NO. The zero-order chi connectivity index (χ0) is 11.0. The third-order valence-corrected chi connectivity index (χ3v) is 1.46. The summed E-state index contributed by atoms with van der Waals surface area (Å²) >= 11 is 0. The quantitative estimate of drug-likeness (QED) is 0.772. The van der Waals surface area contributed by atoms with Crippen molar-refractivity contribution in [1.82, 2.24) is 5.32 Å². The van der Waals surface area contributed by atoms with E-state index in [1.54, 1.807) is 12.1 Å². The molecule has 0 unspecified atom stereocenters. The Kier molecular flexibility index (Phi) is 6.46.